The van der Waals surface area contributed by atoms with Crippen LogP contribution in [0.25, 0.3) is 0 Å². The molecule has 0 saturated carbocycles. The Morgan fingerprint density at radius 1 is 1.50 bits per heavy atom. The van der Waals surface area contributed by atoms with Gasteiger partial charge in [-0.3, -0.25) is 9.59 Å². The van der Waals surface area contributed by atoms with Crippen LogP contribution < -0.4 is 5.32 Å². The zero-order chi connectivity index (χ0) is 13.5. The fourth-order valence-corrected chi connectivity index (χ4v) is 1.36. The Balaban J connectivity index is 2.51. The van der Waals surface area contributed by atoms with Crippen molar-refractivity contribution < 1.29 is 14.7 Å². The van der Waals surface area contributed by atoms with Crippen LogP contribution in [-0.4, -0.2) is 23.5 Å². The molecule has 0 saturated heterocycles. The van der Waals surface area contributed by atoms with Crippen molar-refractivity contribution >= 4 is 11.9 Å². The van der Waals surface area contributed by atoms with E-state index >= 15 is 0 Å². The number of carboxylic acid groups (broad SMARTS) is 1. The van der Waals surface area contributed by atoms with Crippen molar-refractivity contribution in [2.45, 2.75) is 13.3 Å². The number of benzene rings is 1. The molecule has 0 aromatic heterocycles. The highest BCUT2D eigenvalue weighted by atomic mass is 16.4. The standard InChI is InChI=1S/C13H14N2O3/c1-9(13(17)18)5-6-15-12(16)11-4-2-3-10(7-11)8-14/h2-4,7,9H,5-6H2,1H3,(H,15,16)(H,17,18). The lowest BCUT2D eigenvalue weighted by molar-refractivity contribution is -0.141. The summed E-state index contributed by atoms with van der Waals surface area (Å²) in [5, 5.41) is 20.0. The molecule has 1 amide bonds. The van der Waals surface area contributed by atoms with Crippen molar-refractivity contribution in [3.05, 3.63) is 35.4 Å². The third-order valence-electron chi connectivity index (χ3n) is 2.54. The highest BCUT2D eigenvalue weighted by molar-refractivity contribution is 5.94. The lowest BCUT2D eigenvalue weighted by Crippen LogP contribution is -2.27. The third kappa shape index (κ3) is 3.91. The number of carbonyl (C=O) groups excluding carboxylic acids is 1. The number of nitriles is 1. The van der Waals surface area contributed by atoms with Crippen LogP contribution in [0.5, 0.6) is 0 Å². The van der Waals surface area contributed by atoms with Crippen LogP contribution in [0, 0.1) is 17.2 Å². The molecule has 18 heavy (non-hydrogen) atoms. The van der Waals surface area contributed by atoms with Gasteiger partial charge in [0.2, 0.25) is 0 Å². The molecule has 0 spiro atoms. The number of aliphatic carboxylic acids is 1. The van der Waals surface area contributed by atoms with E-state index in [-0.39, 0.29) is 5.91 Å². The molecule has 0 radical (unpaired) electrons. The van der Waals surface area contributed by atoms with Gasteiger partial charge < -0.3 is 10.4 Å². The van der Waals surface area contributed by atoms with Gasteiger partial charge in [0.25, 0.3) is 5.91 Å². The van der Waals surface area contributed by atoms with Gasteiger partial charge in [0, 0.05) is 12.1 Å². The maximum Gasteiger partial charge on any atom is 0.306 e. The fraction of sp³-hybridized carbons (Fsp3) is 0.308. The van der Waals surface area contributed by atoms with Crippen molar-refractivity contribution in [1.82, 2.24) is 5.32 Å². The van der Waals surface area contributed by atoms with E-state index in [1.165, 1.54) is 6.07 Å². The monoisotopic (exact) mass is 246 g/mol. The summed E-state index contributed by atoms with van der Waals surface area (Å²) >= 11 is 0. The van der Waals surface area contributed by atoms with Gasteiger partial charge in [-0.25, -0.2) is 0 Å². The minimum Gasteiger partial charge on any atom is -0.481 e. The predicted octanol–water partition coefficient (Wildman–Crippen LogP) is 1.40. The van der Waals surface area contributed by atoms with Gasteiger partial charge in [-0.05, 0) is 24.6 Å². The van der Waals surface area contributed by atoms with E-state index in [0.717, 1.165) is 0 Å². The number of amides is 1. The second-order valence-corrected chi connectivity index (χ2v) is 3.98. The molecular formula is C13H14N2O3. The van der Waals surface area contributed by atoms with E-state index in [1.807, 2.05) is 6.07 Å². The second kappa shape index (κ2) is 6.40. The van der Waals surface area contributed by atoms with Crippen molar-refractivity contribution in [3.8, 4) is 6.07 Å². The summed E-state index contributed by atoms with van der Waals surface area (Å²) in [7, 11) is 0. The number of rotatable bonds is 5. The van der Waals surface area contributed by atoms with E-state index in [1.54, 1.807) is 25.1 Å². The average Bonchev–Trinajstić information content (AvgIpc) is 2.38. The Morgan fingerprint density at radius 2 is 2.22 bits per heavy atom. The van der Waals surface area contributed by atoms with E-state index in [9.17, 15) is 9.59 Å². The van der Waals surface area contributed by atoms with Crippen LogP contribution in [0.15, 0.2) is 24.3 Å². The van der Waals surface area contributed by atoms with Crippen LogP contribution in [0.3, 0.4) is 0 Å². The van der Waals surface area contributed by atoms with Crippen molar-refractivity contribution in [2.75, 3.05) is 6.54 Å². The Morgan fingerprint density at radius 3 is 2.83 bits per heavy atom. The molecule has 0 bridgehead atoms. The first-order chi connectivity index (χ1) is 8.54. The van der Waals surface area contributed by atoms with Gasteiger partial charge in [-0.15, -0.1) is 0 Å². The number of nitrogens with one attached hydrogen (secondary N) is 1. The molecule has 94 valence electrons. The zero-order valence-electron chi connectivity index (χ0n) is 10.0. The molecule has 1 rings (SSSR count). The van der Waals surface area contributed by atoms with E-state index in [2.05, 4.69) is 5.32 Å². The summed E-state index contributed by atoms with van der Waals surface area (Å²) in [4.78, 5) is 22.3. The van der Waals surface area contributed by atoms with Gasteiger partial charge in [-0.1, -0.05) is 13.0 Å². The SMILES string of the molecule is CC(CCNC(=O)c1cccc(C#N)c1)C(=O)O. The second-order valence-electron chi connectivity index (χ2n) is 3.98. The maximum absolute atomic E-state index is 11.7. The Hall–Kier alpha value is -2.35. The maximum atomic E-state index is 11.7. The lowest BCUT2D eigenvalue weighted by atomic mass is 10.1. The molecule has 0 aliphatic rings. The average molecular weight is 246 g/mol. The summed E-state index contributed by atoms with van der Waals surface area (Å²) in [5.74, 6) is -1.67. The van der Waals surface area contributed by atoms with Crippen LogP contribution in [0.2, 0.25) is 0 Å². The Kier molecular flexibility index (Phi) is 4.88. The van der Waals surface area contributed by atoms with Crippen LogP contribution in [0.4, 0.5) is 0 Å². The summed E-state index contributed by atoms with van der Waals surface area (Å²) in [6.07, 6.45) is 0.374. The summed E-state index contributed by atoms with van der Waals surface area (Å²) in [5.41, 5.74) is 0.818. The van der Waals surface area contributed by atoms with Crippen LogP contribution in [0.1, 0.15) is 29.3 Å². The number of hydrogen-bond donors (Lipinski definition) is 2. The van der Waals surface area contributed by atoms with Gasteiger partial charge in [0.05, 0.1) is 17.6 Å². The molecule has 2 N–H and O–H groups in total. The van der Waals surface area contributed by atoms with Gasteiger partial charge >= 0.3 is 5.97 Å². The molecule has 1 atom stereocenters. The molecule has 1 aromatic carbocycles. The van der Waals surface area contributed by atoms with E-state index in [4.69, 9.17) is 10.4 Å². The van der Waals surface area contributed by atoms with Crippen molar-refractivity contribution in [2.24, 2.45) is 5.92 Å². The Bertz CT molecular complexity index is 491. The fourth-order valence-electron chi connectivity index (χ4n) is 1.36. The predicted molar refractivity (Wildman–Crippen MR) is 64.9 cm³/mol. The molecule has 0 heterocycles. The highest BCUT2D eigenvalue weighted by Crippen LogP contribution is 2.05. The third-order valence-corrected chi connectivity index (χ3v) is 2.54. The lowest BCUT2D eigenvalue weighted by Gasteiger charge is -2.08. The first-order valence-electron chi connectivity index (χ1n) is 5.55. The number of nitrogens with zero attached hydrogens (tertiary/aromatic N) is 1. The van der Waals surface area contributed by atoms with Gasteiger partial charge in [0.15, 0.2) is 0 Å². The largest absolute Gasteiger partial charge is 0.481 e. The molecule has 1 aromatic rings. The first-order valence-corrected chi connectivity index (χ1v) is 5.55. The number of carbonyl (C=O) groups is 2. The molecule has 0 fully saturated rings. The molecule has 1 unspecified atom stereocenters. The molecule has 5 nitrogen and oxygen atoms in total. The Labute approximate surface area is 105 Å². The van der Waals surface area contributed by atoms with Crippen LogP contribution >= 0.6 is 0 Å². The van der Waals surface area contributed by atoms with Crippen LogP contribution in [-0.2, 0) is 4.79 Å². The molecular weight excluding hydrogens is 232 g/mol. The zero-order valence-corrected chi connectivity index (χ0v) is 10.0. The minimum atomic E-state index is -0.879. The van der Waals surface area contributed by atoms with Gasteiger partial charge in [-0.2, -0.15) is 5.26 Å². The topological polar surface area (TPSA) is 90.2 Å². The van der Waals surface area contributed by atoms with E-state index in [0.29, 0.717) is 24.1 Å². The smallest absolute Gasteiger partial charge is 0.306 e. The summed E-state index contributed by atoms with van der Waals surface area (Å²) in [6.45, 7) is 1.88. The summed E-state index contributed by atoms with van der Waals surface area (Å²) in [6, 6.07) is 8.30. The quantitative estimate of drug-likeness (QED) is 0.821. The van der Waals surface area contributed by atoms with Crippen molar-refractivity contribution in [1.29, 1.82) is 5.26 Å². The van der Waals surface area contributed by atoms with Crippen molar-refractivity contribution in [3.63, 3.8) is 0 Å². The molecule has 0 aliphatic carbocycles. The first kappa shape index (κ1) is 13.7. The summed E-state index contributed by atoms with van der Waals surface area (Å²) < 4.78 is 0. The normalized spacial score (nSPS) is 11.3. The number of carboxylic acids is 1. The highest BCUT2D eigenvalue weighted by Gasteiger charge is 2.11. The number of hydrogen-bond acceptors (Lipinski definition) is 3. The molecule has 0 aliphatic heterocycles. The minimum absolute atomic E-state index is 0.295. The van der Waals surface area contributed by atoms with E-state index < -0.39 is 11.9 Å². The van der Waals surface area contributed by atoms with Gasteiger partial charge in [0.1, 0.15) is 0 Å². The molecule has 5 heteroatoms.